The van der Waals surface area contributed by atoms with E-state index >= 15 is 0 Å². The van der Waals surface area contributed by atoms with Crippen molar-refractivity contribution in [2.24, 2.45) is 0 Å². The maximum Gasteiger partial charge on any atom is 0.240 e. The number of hydrogen-bond donors (Lipinski definition) is 1. The molecule has 0 aromatic heterocycles. The molecule has 0 bridgehead atoms. The Morgan fingerprint density at radius 3 is 2.71 bits per heavy atom. The van der Waals surface area contributed by atoms with E-state index < -0.39 is 0 Å². The van der Waals surface area contributed by atoms with Crippen molar-refractivity contribution in [1.82, 2.24) is 15.1 Å². The first-order chi connectivity index (χ1) is 12.7. The Morgan fingerprint density at radius 1 is 1.36 bits per heavy atom. The first-order valence-electron chi connectivity index (χ1n) is 9.54. The normalized spacial score (nSPS) is 21.1. The zero-order chi connectivity index (χ0) is 18.4. The predicted molar refractivity (Wildman–Crippen MR) is 120 cm³/mol. The Balaban J connectivity index is 0.00000196. The quantitative estimate of drug-likeness (QED) is 0.698. The summed E-state index contributed by atoms with van der Waals surface area (Å²) in [4.78, 5) is 17.2. The van der Waals surface area contributed by atoms with E-state index in [1.54, 1.807) is 0 Å². The molecule has 2 aliphatic rings. The van der Waals surface area contributed by atoms with Crippen molar-refractivity contribution in [3.8, 4) is 6.07 Å². The van der Waals surface area contributed by atoms with E-state index in [4.69, 9.17) is 5.26 Å². The van der Waals surface area contributed by atoms with Gasteiger partial charge in [0, 0.05) is 31.4 Å². The van der Waals surface area contributed by atoms with E-state index in [2.05, 4.69) is 23.2 Å². The molecule has 2 saturated heterocycles. The van der Waals surface area contributed by atoms with E-state index in [-0.39, 0.29) is 36.8 Å². The lowest BCUT2D eigenvalue weighted by molar-refractivity contribution is -0.131. The minimum absolute atomic E-state index is 0. The fourth-order valence-electron chi connectivity index (χ4n) is 3.66. The summed E-state index contributed by atoms with van der Waals surface area (Å²) in [5, 5.41) is 12.4. The van der Waals surface area contributed by atoms with Crippen molar-refractivity contribution in [3.63, 3.8) is 0 Å². The molecule has 0 saturated carbocycles. The molecule has 0 radical (unpaired) electrons. The number of unbranched alkanes of at least 4 members (excludes halogenated alkanes) is 1. The van der Waals surface area contributed by atoms with Crippen LogP contribution in [0.4, 0.5) is 0 Å². The number of nitrogens with one attached hydrogen (secondary N) is 1. The summed E-state index contributed by atoms with van der Waals surface area (Å²) in [5.41, 5.74) is 1.93. The second-order valence-corrected chi connectivity index (χ2v) is 8.20. The van der Waals surface area contributed by atoms with Gasteiger partial charge in [0.2, 0.25) is 5.91 Å². The maximum atomic E-state index is 12.7. The third kappa shape index (κ3) is 6.53. The predicted octanol–water partition coefficient (Wildman–Crippen LogP) is 3.27. The Hall–Kier alpha value is -0.970. The van der Waals surface area contributed by atoms with E-state index in [0.29, 0.717) is 11.6 Å². The van der Waals surface area contributed by atoms with Gasteiger partial charge in [-0.05, 0) is 37.1 Å². The van der Waals surface area contributed by atoms with Crippen LogP contribution in [0.3, 0.4) is 0 Å². The van der Waals surface area contributed by atoms with Gasteiger partial charge in [-0.15, -0.1) is 36.6 Å². The molecule has 2 heterocycles. The molecule has 1 aromatic carbocycles. The van der Waals surface area contributed by atoms with E-state index in [1.165, 1.54) is 5.56 Å². The monoisotopic (exact) mass is 444 g/mol. The highest BCUT2D eigenvalue weighted by atomic mass is 35.5. The molecule has 1 aromatic rings. The molecule has 3 rings (SSSR count). The number of rotatable bonds is 7. The highest BCUT2D eigenvalue weighted by Crippen LogP contribution is 2.21. The minimum Gasteiger partial charge on any atom is -0.331 e. The molecular weight excluding hydrogens is 415 g/mol. The van der Waals surface area contributed by atoms with Crippen LogP contribution in [0.15, 0.2) is 24.3 Å². The molecule has 1 amide bonds. The minimum atomic E-state index is -0.0382. The van der Waals surface area contributed by atoms with Crippen molar-refractivity contribution in [3.05, 3.63) is 35.4 Å². The van der Waals surface area contributed by atoms with Crippen LogP contribution < -0.4 is 5.32 Å². The summed E-state index contributed by atoms with van der Waals surface area (Å²) in [6.07, 6.45) is 3.21. The Labute approximate surface area is 185 Å². The largest absolute Gasteiger partial charge is 0.331 e. The fraction of sp³-hybridized carbons (Fsp3) is 0.600. The lowest BCUT2D eigenvalue weighted by atomic mass is 10.1. The molecule has 0 unspecified atom stereocenters. The van der Waals surface area contributed by atoms with Gasteiger partial charge in [0.05, 0.1) is 23.6 Å². The summed E-state index contributed by atoms with van der Waals surface area (Å²) in [6.45, 7) is 5.89. The van der Waals surface area contributed by atoms with Gasteiger partial charge in [-0.25, -0.2) is 0 Å². The van der Waals surface area contributed by atoms with Gasteiger partial charge in [0.1, 0.15) is 0 Å². The number of carbonyl (C=O) groups is 1. The molecule has 1 N–H and O–H groups in total. The van der Waals surface area contributed by atoms with Crippen LogP contribution in [0.5, 0.6) is 0 Å². The van der Waals surface area contributed by atoms with Gasteiger partial charge in [-0.3, -0.25) is 9.69 Å². The van der Waals surface area contributed by atoms with Gasteiger partial charge < -0.3 is 10.2 Å². The number of nitriles is 1. The standard InChI is InChI=1S/C20H28N4OS.2ClH/c1-2-3-8-23(14-17-6-4-16(12-21)5-7-17)18-11-19(22-13-18)20(25)24-9-10-26-15-24;;/h4-7,18-19,22H,2-3,8-11,13-15H2,1H3;2*1H/t18-,19-;;/m0../s1. The Morgan fingerprint density at radius 2 is 2.11 bits per heavy atom. The van der Waals surface area contributed by atoms with Crippen LogP contribution >= 0.6 is 36.6 Å². The average molecular weight is 445 g/mol. The van der Waals surface area contributed by atoms with Crippen LogP contribution in [0.1, 0.15) is 37.3 Å². The molecule has 2 atom stereocenters. The summed E-state index contributed by atoms with van der Waals surface area (Å²) in [5.74, 6) is 2.17. The zero-order valence-corrected chi connectivity index (χ0v) is 18.8. The average Bonchev–Trinajstić information content (AvgIpc) is 3.37. The van der Waals surface area contributed by atoms with Crippen molar-refractivity contribution in [1.29, 1.82) is 5.26 Å². The number of carbonyl (C=O) groups excluding carboxylic acids is 1. The van der Waals surface area contributed by atoms with E-state index in [0.717, 1.165) is 57.1 Å². The lowest BCUT2D eigenvalue weighted by Gasteiger charge is -2.28. The van der Waals surface area contributed by atoms with Crippen LogP contribution in [0.2, 0.25) is 0 Å². The van der Waals surface area contributed by atoms with Crippen molar-refractivity contribution >= 4 is 42.5 Å². The first-order valence-corrected chi connectivity index (χ1v) is 10.7. The fourth-order valence-corrected chi connectivity index (χ4v) is 4.62. The summed E-state index contributed by atoms with van der Waals surface area (Å²) in [6, 6.07) is 10.4. The zero-order valence-electron chi connectivity index (χ0n) is 16.3. The molecular formula is C20H30Cl2N4OS. The van der Waals surface area contributed by atoms with Crippen LogP contribution in [-0.2, 0) is 11.3 Å². The van der Waals surface area contributed by atoms with Gasteiger partial charge in [0.15, 0.2) is 0 Å². The highest BCUT2D eigenvalue weighted by molar-refractivity contribution is 7.99. The third-order valence-corrected chi connectivity index (χ3v) is 6.22. The molecule has 8 heteroatoms. The molecule has 28 heavy (non-hydrogen) atoms. The molecule has 2 fully saturated rings. The maximum absolute atomic E-state index is 12.7. The van der Waals surface area contributed by atoms with E-state index in [1.807, 2.05) is 40.9 Å². The van der Waals surface area contributed by atoms with Crippen LogP contribution in [0, 0.1) is 11.3 Å². The van der Waals surface area contributed by atoms with Crippen LogP contribution in [-0.4, -0.2) is 59.1 Å². The second-order valence-electron chi connectivity index (χ2n) is 7.12. The van der Waals surface area contributed by atoms with Crippen molar-refractivity contribution < 1.29 is 4.79 Å². The Kier molecular flexibility index (Phi) is 11.2. The topological polar surface area (TPSA) is 59.4 Å². The lowest BCUT2D eigenvalue weighted by Crippen LogP contribution is -2.42. The summed E-state index contributed by atoms with van der Waals surface area (Å²) in [7, 11) is 0. The van der Waals surface area contributed by atoms with Gasteiger partial charge in [-0.1, -0.05) is 25.5 Å². The number of halogens is 2. The Bertz CT molecular complexity index is 647. The second kappa shape index (κ2) is 12.6. The van der Waals surface area contributed by atoms with Gasteiger partial charge >= 0.3 is 0 Å². The van der Waals surface area contributed by atoms with Crippen molar-refractivity contribution in [2.75, 3.05) is 31.3 Å². The number of thioether (sulfide) groups is 1. The first kappa shape index (κ1) is 25.1. The van der Waals surface area contributed by atoms with Crippen molar-refractivity contribution in [2.45, 2.75) is 44.8 Å². The molecule has 156 valence electrons. The molecule has 0 spiro atoms. The summed E-state index contributed by atoms with van der Waals surface area (Å²) >= 11 is 1.84. The third-order valence-electron chi connectivity index (χ3n) is 5.25. The SMILES string of the molecule is CCCCN(Cc1ccc(C#N)cc1)[C@@H]1CN[C@H](C(=O)N2CCSC2)C1.Cl.Cl. The number of amides is 1. The smallest absolute Gasteiger partial charge is 0.240 e. The highest BCUT2D eigenvalue weighted by Gasteiger charge is 2.35. The molecule has 0 aliphatic carbocycles. The van der Waals surface area contributed by atoms with Gasteiger partial charge in [-0.2, -0.15) is 5.26 Å². The number of hydrogen-bond acceptors (Lipinski definition) is 5. The van der Waals surface area contributed by atoms with Gasteiger partial charge in [0.25, 0.3) is 0 Å². The van der Waals surface area contributed by atoms with Crippen LogP contribution in [0.25, 0.3) is 0 Å². The molecule has 5 nitrogen and oxygen atoms in total. The number of nitrogens with zero attached hydrogens (tertiary/aromatic N) is 3. The van der Waals surface area contributed by atoms with E-state index in [9.17, 15) is 4.79 Å². The summed E-state index contributed by atoms with van der Waals surface area (Å²) < 4.78 is 0. The molecule has 2 aliphatic heterocycles. The number of benzene rings is 1.